The van der Waals surface area contributed by atoms with E-state index in [1.807, 2.05) is 7.05 Å². The monoisotopic (exact) mass is 198 g/mol. The van der Waals surface area contributed by atoms with Crippen molar-refractivity contribution in [3.8, 4) is 0 Å². The predicted molar refractivity (Wildman–Crippen MR) is 64.7 cm³/mol. The van der Waals surface area contributed by atoms with E-state index >= 15 is 0 Å². The first-order chi connectivity index (χ1) is 6.61. The van der Waals surface area contributed by atoms with Crippen molar-refractivity contribution in [2.24, 2.45) is 0 Å². The van der Waals surface area contributed by atoms with Gasteiger partial charge in [0.15, 0.2) is 0 Å². The highest BCUT2D eigenvalue weighted by molar-refractivity contribution is 5.01. The normalized spacial score (nSPS) is 15.1. The van der Waals surface area contributed by atoms with E-state index in [1.54, 1.807) is 0 Å². The van der Waals surface area contributed by atoms with Gasteiger partial charge < -0.3 is 10.6 Å². The van der Waals surface area contributed by atoms with Gasteiger partial charge in [0.05, 0.1) is 0 Å². The molecule has 0 saturated carbocycles. The van der Waals surface area contributed by atoms with Crippen LogP contribution in [0, 0.1) is 0 Å². The smallest absolute Gasteiger partial charge is 0.0273 e. The van der Waals surface area contributed by atoms with Crippen molar-refractivity contribution in [3.63, 3.8) is 0 Å². The fourth-order valence-electron chi connectivity index (χ4n) is 1.43. The second kappa shape index (κ2) is 8.01. The van der Waals surface area contributed by atoms with E-state index in [9.17, 15) is 0 Å². The summed E-state index contributed by atoms with van der Waals surface area (Å²) in [5.41, 5.74) is 1.25. The molecule has 0 aromatic heterocycles. The second-order valence-electron chi connectivity index (χ2n) is 4.12. The van der Waals surface area contributed by atoms with Crippen molar-refractivity contribution >= 4 is 0 Å². The number of hydrogen-bond acceptors (Lipinski definition) is 2. The van der Waals surface area contributed by atoms with Crippen LogP contribution in [-0.2, 0) is 0 Å². The first kappa shape index (κ1) is 13.7. The van der Waals surface area contributed by atoms with Gasteiger partial charge in [0.2, 0.25) is 0 Å². The Balaban J connectivity index is 3.66. The fraction of sp³-hybridized carbons (Fsp3) is 0.833. The molecule has 0 rings (SSSR count). The molecule has 0 spiro atoms. The van der Waals surface area contributed by atoms with Crippen molar-refractivity contribution in [1.29, 1.82) is 0 Å². The van der Waals surface area contributed by atoms with Crippen molar-refractivity contribution in [2.45, 2.75) is 52.1 Å². The number of nitrogens with one attached hydrogen (secondary N) is 2. The Hall–Kier alpha value is -0.340. The molecule has 0 heterocycles. The van der Waals surface area contributed by atoms with Crippen LogP contribution in [0.5, 0.6) is 0 Å². The van der Waals surface area contributed by atoms with Crippen molar-refractivity contribution in [3.05, 3.63) is 12.2 Å². The molecule has 2 N–H and O–H groups in total. The maximum Gasteiger partial charge on any atom is 0.0273 e. The van der Waals surface area contributed by atoms with Crippen LogP contribution in [0.1, 0.15) is 40.0 Å². The van der Waals surface area contributed by atoms with Gasteiger partial charge in [-0.25, -0.2) is 0 Å². The predicted octanol–water partition coefficient (Wildman–Crippen LogP) is 2.32. The molecule has 0 aliphatic heterocycles. The standard InChI is InChI=1S/C12H26N2/c1-6-7-12(10(2)3)14-9-8-11(4)13-5/h11-14H,2,6-9H2,1,3-5H3. The lowest BCUT2D eigenvalue weighted by Crippen LogP contribution is -2.34. The minimum Gasteiger partial charge on any atom is -0.317 e. The van der Waals surface area contributed by atoms with Crippen LogP contribution in [0.25, 0.3) is 0 Å². The molecule has 2 atom stereocenters. The third kappa shape index (κ3) is 6.17. The molecule has 0 aliphatic rings. The second-order valence-corrected chi connectivity index (χ2v) is 4.12. The highest BCUT2D eigenvalue weighted by Crippen LogP contribution is 2.05. The Morgan fingerprint density at radius 1 is 1.36 bits per heavy atom. The largest absolute Gasteiger partial charge is 0.317 e. The van der Waals surface area contributed by atoms with Gasteiger partial charge in [-0.3, -0.25) is 0 Å². The Labute approximate surface area is 89.2 Å². The highest BCUT2D eigenvalue weighted by Gasteiger charge is 2.07. The van der Waals surface area contributed by atoms with E-state index in [1.165, 1.54) is 24.8 Å². The number of hydrogen-bond donors (Lipinski definition) is 2. The van der Waals surface area contributed by atoms with E-state index < -0.39 is 0 Å². The maximum absolute atomic E-state index is 4.01. The molecule has 2 heteroatoms. The zero-order valence-electron chi connectivity index (χ0n) is 10.2. The first-order valence-electron chi connectivity index (χ1n) is 5.67. The molecule has 84 valence electrons. The van der Waals surface area contributed by atoms with E-state index in [0.717, 1.165) is 6.54 Å². The summed E-state index contributed by atoms with van der Waals surface area (Å²) >= 11 is 0. The molecular formula is C12H26N2. The van der Waals surface area contributed by atoms with Crippen LogP contribution in [0.3, 0.4) is 0 Å². The highest BCUT2D eigenvalue weighted by atomic mass is 14.9. The molecule has 14 heavy (non-hydrogen) atoms. The fourth-order valence-corrected chi connectivity index (χ4v) is 1.43. The molecule has 0 amide bonds. The van der Waals surface area contributed by atoms with Crippen LogP contribution in [-0.4, -0.2) is 25.7 Å². The summed E-state index contributed by atoms with van der Waals surface area (Å²) in [4.78, 5) is 0. The summed E-state index contributed by atoms with van der Waals surface area (Å²) in [5, 5.41) is 6.78. The molecule has 0 saturated heterocycles. The molecule has 0 bridgehead atoms. The van der Waals surface area contributed by atoms with E-state index in [2.05, 4.69) is 38.0 Å². The van der Waals surface area contributed by atoms with Crippen LogP contribution >= 0.6 is 0 Å². The summed E-state index contributed by atoms with van der Waals surface area (Å²) in [5.74, 6) is 0. The Kier molecular flexibility index (Phi) is 7.81. The minimum atomic E-state index is 0.504. The summed E-state index contributed by atoms with van der Waals surface area (Å²) in [6, 6.07) is 1.10. The van der Waals surface area contributed by atoms with E-state index in [0.29, 0.717) is 12.1 Å². The van der Waals surface area contributed by atoms with E-state index in [4.69, 9.17) is 0 Å². The molecular weight excluding hydrogens is 172 g/mol. The summed E-state index contributed by atoms with van der Waals surface area (Å²) in [6.45, 7) is 11.6. The summed E-state index contributed by atoms with van der Waals surface area (Å²) in [7, 11) is 2.01. The molecule has 0 radical (unpaired) electrons. The quantitative estimate of drug-likeness (QED) is 0.585. The zero-order valence-corrected chi connectivity index (χ0v) is 10.2. The Bertz CT molecular complexity index is 154. The molecule has 0 aromatic rings. The van der Waals surface area contributed by atoms with Crippen LogP contribution in [0.15, 0.2) is 12.2 Å². The van der Waals surface area contributed by atoms with Crippen LogP contribution in [0.2, 0.25) is 0 Å². The summed E-state index contributed by atoms with van der Waals surface area (Å²) < 4.78 is 0. The van der Waals surface area contributed by atoms with E-state index in [-0.39, 0.29) is 0 Å². The lowest BCUT2D eigenvalue weighted by atomic mass is 10.1. The lowest BCUT2D eigenvalue weighted by Gasteiger charge is -2.19. The molecule has 0 aliphatic carbocycles. The van der Waals surface area contributed by atoms with Crippen molar-refractivity contribution < 1.29 is 0 Å². The van der Waals surface area contributed by atoms with Gasteiger partial charge >= 0.3 is 0 Å². The van der Waals surface area contributed by atoms with Gasteiger partial charge in [-0.1, -0.05) is 25.5 Å². The van der Waals surface area contributed by atoms with Crippen molar-refractivity contribution in [2.75, 3.05) is 13.6 Å². The third-order valence-corrected chi connectivity index (χ3v) is 2.63. The minimum absolute atomic E-state index is 0.504. The Morgan fingerprint density at radius 3 is 2.43 bits per heavy atom. The van der Waals surface area contributed by atoms with Gasteiger partial charge in [0.1, 0.15) is 0 Å². The van der Waals surface area contributed by atoms with Crippen molar-refractivity contribution in [1.82, 2.24) is 10.6 Å². The zero-order chi connectivity index (χ0) is 11.0. The van der Waals surface area contributed by atoms with Crippen LogP contribution in [0.4, 0.5) is 0 Å². The first-order valence-corrected chi connectivity index (χ1v) is 5.67. The van der Waals surface area contributed by atoms with Gasteiger partial charge in [0.25, 0.3) is 0 Å². The van der Waals surface area contributed by atoms with Crippen LogP contribution < -0.4 is 10.6 Å². The topological polar surface area (TPSA) is 24.1 Å². The van der Waals surface area contributed by atoms with Gasteiger partial charge in [-0.2, -0.15) is 0 Å². The van der Waals surface area contributed by atoms with Gasteiger partial charge in [0, 0.05) is 12.1 Å². The molecule has 0 aromatic carbocycles. The maximum atomic E-state index is 4.01. The third-order valence-electron chi connectivity index (χ3n) is 2.63. The summed E-state index contributed by atoms with van der Waals surface area (Å²) in [6.07, 6.45) is 3.58. The van der Waals surface area contributed by atoms with Gasteiger partial charge in [-0.05, 0) is 40.3 Å². The Morgan fingerprint density at radius 2 is 2.00 bits per heavy atom. The number of rotatable bonds is 8. The van der Waals surface area contributed by atoms with Gasteiger partial charge in [-0.15, -0.1) is 0 Å². The molecule has 2 unspecified atom stereocenters. The average Bonchev–Trinajstić information content (AvgIpc) is 2.16. The SMILES string of the molecule is C=C(C)C(CCC)NCCC(C)NC. The molecule has 2 nitrogen and oxygen atoms in total. The molecule has 0 fully saturated rings. The average molecular weight is 198 g/mol. The lowest BCUT2D eigenvalue weighted by molar-refractivity contribution is 0.478.